The molecule has 1 amide bonds. The molecule has 0 saturated carbocycles. The van der Waals surface area contributed by atoms with E-state index in [9.17, 15) is 14.4 Å². The molecule has 170 valence electrons. The summed E-state index contributed by atoms with van der Waals surface area (Å²) < 4.78 is 2.99. The first-order chi connectivity index (χ1) is 15.4. The van der Waals surface area contributed by atoms with E-state index >= 15 is 0 Å². The van der Waals surface area contributed by atoms with Crippen LogP contribution in [-0.4, -0.2) is 33.1 Å². The zero-order chi connectivity index (χ0) is 22.8. The molecule has 1 fully saturated rings. The zero-order valence-corrected chi connectivity index (χ0v) is 19.6. The molecule has 4 rings (SSSR count). The number of hydrogen-bond donors (Lipinski definition) is 1. The number of rotatable bonds is 6. The summed E-state index contributed by atoms with van der Waals surface area (Å²) in [5.74, 6) is 0.344. The monoisotopic (exact) mass is 455 g/mol. The van der Waals surface area contributed by atoms with E-state index in [4.69, 9.17) is 0 Å². The lowest BCUT2D eigenvalue weighted by molar-refractivity contribution is -0.116. The lowest BCUT2D eigenvalue weighted by atomic mass is 10.00. The number of fused-ring (bicyclic) bond motifs is 1. The van der Waals surface area contributed by atoms with Crippen LogP contribution in [0.2, 0.25) is 0 Å². The number of benzene rings is 1. The van der Waals surface area contributed by atoms with Crippen LogP contribution < -0.4 is 21.5 Å². The molecule has 0 aliphatic carbocycles. The van der Waals surface area contributed by atoms with Gasteiger partial charge in [-0.3, -0.25) is 18.7 Å². The maximum absolute atomic E-state index is 13.2. The Labute approximate surface area is 190 Å². The van der Waals surface area contributed by atoms with Crippen molar-refractivity contribution >= 4 is 38.4 Å². The topological polar surface area (TPSA) is 89.2 Å². The number of aromatic nitrogens is 3. The number of amides is 1. The summed E-state index contributed by atoms with van der Waals surface area (Å²) in [4.78, 5) is 45.9. The highest BCUT2D eigenvalue weighted by Crippen LogP contribution is 2.29. The molecule has 0 radical (unpaired) electrons. The lowest BCUT2D eigenvalue weighted by Gasteiger charge is -2.29. The Balaban J connectivity index is 1.74. The summed E-state index contributed by atoms with van der Waals surface area (Å²) in [7, 11) is 0. The van der Waals surface area contributed by atoms with Gasteiger partial charge in [0.2, 0.25) is 5.91 Å². The van der Waals surface area contributed by atoms with Crippen molar-refractivity contribution in [2.45, 2.75) is 53.1 Å². The van der Waals surface area contributed by atoms with Gasteiger partial charge in [0.1, 0.15) is 11.2 Å². The molecular formula is C23H29N5O3S. The Hall–Kier alpha value is -2.94. The molecule has 2 aromatic heterocycles. The molecule has 0 spiro atoms. The highest BCUT2D eigenvalue weighted by molar-refractivity contribution is 7.22. The van der Waals surface area contributed by atoms with Crippen LogP contribution in [-0.2, 0) is 17.9 Å². The summed E-state index contributed by atoms with van der Waals surface area (Å²) in [6.07, 6.45) is 2.79. The van der Waals surface area contributed by atoms with Gasteiger partial charge in [-0.2, -0.15) is 0 Å². The summed E-state index contributed by atoms with van der Waals surface area (Å²) in [5, 5.41) is 3.61. The van der Waals surface area contributed by atoms with Crippen LogP contribution >= 0.6 is 11.3 Å². The Morgan fingerprint density at radius 2 is 1.91 bits per heavy atom. The average Bonchev–Trinajstić information content (AvgIpc) is 3.22. The molecule has 0 atom stereocenters. The van der Waals surface area contributed by atoms with Crippen molar-refractivity contribution in [3.05, 3.63) is 50.7 Å². The van der Waals surface area contributed by atoms with Crippen molar-refractivity contribution in [1.29, 1.82) is 0 Å². The third-order valence-electron chi connectivity index (χ3n) is 5.98. The fourth-order valence-electron chi connectivity index (χ4n) is 4.01. The van der Waals surface area contributed by atoms with E-state index in [1.54, 1.807) is 0 Å². The second kappa shape index (κ2) is 9.28. The lowest BCUT2D eigenvalue weighted by Crippen LogP contribution is -2.41. The molecule has 1 aromatic carbocycles. The SMILES string of the molecule is CCCn1c(=O)c2sc(N3CCC(C)CC3)nc2n(CC(=O)Nc2ccccc2C)c1=O. The van der Waals surface area contributed by atoms with Crippen molar-refractivity contribution in [2.75, 3.05) is 23.3 Å². The Kier molecular flexibility index (Phi) is 6.45. The van der Waals surface area contributed by atoms with Crippen LogP contribution in [0.4, 0.5) is 10.8 Å². The molecule has 1 N–H and O–H groups in total. The van der Waals surface area contributed by atoms with E-state index in [2.05, 4.69) is 22.1 Å². The Morgan fingerprint density at radius 3 is 2.59 bits per heavy atom. The number of nitrogens with zero attached hydrogens (tertiary/aromatic N) is 4. The van der Waals surface area contributed by atoms with E-state index in [0.717, 1.165) is 36.6 Å². The number of anilines is 2. The van der Waals surface area contributed by atoms with Gasteiger partial charge >= 0.3 is 5.69 Å². The second-order valence-electron chi connectivity index (χ2n) is 8.51. The molecule has 1 aliphatic heterocycles. The first-order valence-corrected chi connectivity index (χ1v) is 11.9. The first kappa shape index (κ1) is 22.3. The third kappa shape index (κ3) is 4.34. The van der Waals surface area contributed by atoms with Crippen molar-refractivity contribution in [3.63, 3.8) is 0 Å². The molecule has 32 heavy (non-hydrogen) atoms. The van der Waals surface area contributed by atoms with E-state index in [1.165, 1.54) is 20.5 Å². The van der Waals surface area contributed by atoms with Crippen LogP contribution in [0.25, 0.3) is 10.3 Å². The van der Waals surface area contributed by atoms with Gasteiger partial charge in [-0.25, -0.2) is 9.78 Å². The van der Waals surface area contributed by atoms with Gasteiger partial charge in [0.25, 0.3) is 5.56 Å². The van der Waals surface area contributed by atoms with Gasteiger partial charge in [-0.1, -0.05) is 43.4 Å². The van der Waals surface area contributed by atoms with Crippen LogP contribution in [0.5, 0.6) is 0 Å². The highest BCUT2D eigenvalue weighted by atomic mass is 32.1. The quantitative estimate of drug-likeness (QED) is 0.617. The van der Waals surface area contributed by atoms with E-state index in [1.807, 2.05) is 38.1 Å². The minimum absolute atomic E-state index is 0.201. The summed E-state index contributed by atoms with van der Waals surface area (Å²) in [6, 6.07) is 7.48. The van der Waals surface area contributed by atoms with Crippen LogP contribution in [0, 0.1) is 12.8 Å². The summed E-state index contributed by atoms with van der Waals surface area (Å²) in [6.45, 7) is 7.93. The smallest absolute Gasteiger partial charge is 0.333 e. The molecule has 0 unspecified atom stereocenters. The molecule has 0 bridgehead atoms. The van der Waals surface area contributed by atoms with Crippen LogP contribution in [0.15, 0.2) is 33.9 Å². The summed E-state index contributed by atoms with van der Waals surface area (Å²) in [5.41, 5.74) is 1.12. The predicted molar refractivity (Wildman–Crippen MR) is 129 cm³/mol. The van der Waals surface area contributed by atoms with E-state index < -0.39 is 5.69 Å². The van der Waals surface area contributed by atoms with Gasteiger partial charge in [0, 0.05) is 25.3 Å². The number of nitrogens with one attached hydrogen (secondary N) is 1. The zero-order valence-electron chi connectivity index (χ0n) is 18.8. The fraction of sp³-hybridized carbons (Fsp3) is 0.478. The maximum atomic E-state index is 13.2. The van der Waals surface area contributed by atoms with Crippen molar-refractivity contribution < 1.29 is 4.79 Å². The predicted octanol–water partition coefficient (Wildman–Crippen LogP) is 3.21. The van der Waals surface area contributed by atoms with Crippen molar-refractivity contribution in [2.24, 2.45) is 5.92 Å². The first-order valence-electron chi connectivity index (χ1n) is 11.1. The molecule has 3 aromatic rings. The van der Waals surface area contributed by atoms with Gasteiger partial charge < -0.3 is 10.2 Å². The number of hydrogen-bond acceptors (Lipinski definition) is 6. The normalized spacial score (nSPS) is 14.8. The number of piperidine rings is 1. The highest BCUT2D eigenvalue weighted by Gasteiger charge is 2.23. The maximum Gasteiger partial charge on any atom is 0.333 e. The Bertz CT molecular complexity index is 1250. The molecular weight excluding hydrogens is 426 g/mol. The summed E-state index contributed by atoms with van der Waals surface area (Å²) >= 11 is 1.32. The molecule has 1 saturated heterocycles. The van der Waals surface area contributed by atoms with Crippen molar-refractivity contribution in [1.82, 2.24) is 14.1 Å². The van der Waals surface area contributed by atoms with E-state index in [-0.39, 0.29) is 18.0 Å². The van der Waals surface area contributed by atoms with Gasteiger partial charge in [0.15, 0.2) is 10.8 Å². The number of aryl methyl sites for hydroxylation is 1. The molecule has 1 aliphatic rings. The van der Waals surface area contributed by atoms with Crippen LogP contribution in [0.3, 0.4) is 0 Å². The van der Waals surface area contributed by atoms with E-state index in [0.29, 0.717) is 34.9 Å². The largest absolute Gasteiger partial charge is 0.348 e. The van der Waals surface area contributed by atoms with Crippen molar-refractivity contribution in [3.8, 4) is 0 Å². The van der Waals surface area contributed by atoms with Gasteiger partial charge in [-0.05, 0) is 43.7 Å². The minimum Gasteiger partial charge on any atom is -0.348 e. The number of carbonyl (C=O) groups is 1. The van der Waals surface area contributed by atoms with Gasteiger partial charge in [0.05, 0.1) is 0 Å². The number of thiazole rings is 1. The fourth-order valence-corrected chi connectivity index (χ4v) is 5.09. The number of para-hydroxylation sites is 1. The average molecular weight is 456 g/mol. The number of carbonyl (C=O) groups excluding carboxylic acids is 1. The standard InChI is InChI=1S/C23H29N5O3S/c1-4-11-27-21(30)19-20(25-22(32-19)26-12-9-15(2)10-13-26)28(23(27)31)14-18(29)24-17-8-6-5-7-16(17)3/h5-8,15H,4,9-14H2,1-3H3,(H,24,29). The second-order valence-corrected chi connectivity index (χ2v) is 9.48. The molecule has 3 heterocycles. The molecule has 8 nitrogen and oxygen atoms in total. The van der Waals surface area contributed by atoms with Crippen LogP contribution in [0.1, 0.15) is 38.7 Å². The molecule has 9 heteroatoms. The minimum atomic E-state index is -0.492. The third-order valence-corrected chi connectivity index (χ3v) is 7.07. The van der Waals surface area contributed by atoms with Gasteiger partial charge in [-0.15, -0.1) is 0 Å². The Morgan fingerprint density at radius 1 is 1.19 bits per heavy atom.